The van der Waals surface area contributed by atoms with Crippen molar-refractivity contribution in [1.82, 2.24) is 20.8 Å². The van der Waals surface area contributed by atoms with E-state index in [9.17, 15) is 4.79 Å². The van der Waals surface area contributed by atoms with E-state index in [0.29, 0.717) is 31.2 Å². The van der Waals surface area contributed by atoms with Crippen LogP contribution in [0.3, 0.4) is 0 Å². The molecular formula is C15H20N4O2. The first-order chi connectivity index (χ1) is 10.3. The molecule has 21 heavy (non-hydrogen) atoms. The predicted octanol–water partition coefficient (Wildman–Crippen LogP) is 1.28. The van der Waals surface area contributed by atoms with Gasteiger partial charge in [0.25, 0.3) is 0 Å². The maximum Gasteiger partial charge on any atom is 0.240 e. The first kappa shape index (κ1) is 15.2. The van der Waals surface area contributed by atoms with Gasteiger partial charge in [-0.15, -0.1) is 0 Å². The topological polar surface area (TPSA) is 80.0 Å². The lowest BCUT2D eigenvalue weighted by Gasteiger charge is -2.03. The van der Waals surface area contributed by atoms with E-state index in [1.165, 1.54) is 0 Å². The molecule has 0 fully saturated rings. The van der Waals surface area contributed by atoms with E-state index in [4.69, 9.17) is 4.52 Å². The van der Waals surface area contributed by atoms with Crippen LogP contribution in [0.5, 0.6) is 0 Å². The minimum Gasteiger partial charge on any atom is -0.355 e. The Morgan fingerprint density at radius 2 is 2.10 bits per heavy atom. The predicted molar refractivity (Wildman–Crippen MR) is 78.6 cm³/mol. The van der Waals surface area contributed by atoms with E-state index in [1.54, 1.807) is 0 Å². The summed E-state index contributed by atoms with van der Waals surface area (Å²) in [7, 11) is 0. The van der Waals surface area contributed by atoms with Crippen LogP contribution in [-0.4, -0.2) is 29.1 Å². The fraction of sp³-hybridized carbons (Fsp3) is 0.400. The molecule has 1 heterocycles. The van der Waals surface area contributed by atoms with Gasteiger partial charge < -0.3 is 9.84 Å². The van der Waals surface area contributed by atoms with Gasteiger partial charge in [-0.2, -0.15) is 4.98 Å². The smallest absolute Gasteiger partial charge is 0.240 e. The van der Waals surface area contributed by atoms with Gasteiger partial charge in [-0.1, -0.05) is 42.4 Å². The Bertz CT molecular complexity index is 554. The fourth-order valence-electron chi connectivity index (χ4n) is 1.82. The molecule has 1 aromatic heterocycles. The lowest BCUT2D eigenvalue weighted by Crippen LogP contribution is -2.33. The van der Waals surface area contributed by atoms with Crippen LogP contribution >= 0.6 is 0 Å². The molecule has 0 saturated heterocycles. The first-order valence-electron chi connectivity index (χ1n) is 7.10. The molecule has 2 N–H and O–H groups in total. The van der Waals surface area contributed by atoms with Crippen LogP contribution in [0.4, 0.5) is 0 Å². The number of carbonyl (C=O) groups excluding carboxylic acids is 1. The molecule has 6 heteroatoms. The second-order valence-corrected chi connectivity index (χ2v) is 4.72. The summed E-state index contributed by atoms with van der Waals surface area (Å²) < 4.78 is 5.14. The molecule has 6 nitrogen and oxygen atoms in total. The molecule has 2 rings (SSSR count). The Kier molecular flexibility index (Phi) is 5.90. The molecule has 0 aliphatic rings. The molecule has 0 unspecified atom stereocenters. The average Bonchev–Trinajstić information content (AvgIpc) is 2.93. The van der Waals surface area contributed by atoms with Crippen molar-refractivity contribution < 1.29 is 9.32 Å². The van der Waals surface area contributed by atoms with Crippen LogP contribution in [0.1, 0.15) is 30.6 Å². The number of nitrogens with zero attached hydrogens (tertiary/aromatic N) is 2. The summed E-state index contributed by atoms with van der Waals surface area (Å²) in [5.74, 6) is 1.11. The number of hydrogen-bond donors (Lipinski definition) is 2. The molecular weight excluding hydrogens is 268 g/mol. The minimum absolute atomic E-state index is 0.0270. The standard InChI is InChI=1S/C15H20N4O2/c1-2-8-17-14(20)10-16-11-15-18-13(19-21-15)9-12-6-4-3-5-7-12/h3-7,16H,2,8-11H2,1H3,(H,17,20). The van der Waals surface area contributed by atoms with E-state index in [1.807, 2.05) is 37.3 Å². The summed E-state index contributed by atoms with van der Waals surface area (Å²) in [6.07, 6.45) is 1.57. The van der Waals surface area contributed by atoms with Gasteiger partial charge in [-0.3, -0.25) is 10.1 Å². The van der Waals surface area contributed by atoms with Crippen LogP contribution in [-0.2, 0) is 17.8 Å². The number of nitrogens with one attached hydrogen (secondary N) is 2. The highest BCUT2D eigenvalue weighted by Crippen LogP contribution is 2.06. The van der Waals surface area contributed by atoms with Crippen molar-refractivity contribution in [2.24, 2.45) is 0 Å². The number of carbonyl (C=O) groups is 1. The van der Waals surface area contributed by atoms with Crippen molar-refractivity contribution in [3.8, 4) is 0 Å². The lowest BCUT2D eigenvalue weighted by molar-refractivity contribution is -0.120. The summed E-state index contributed by atoms with van der Waals surface area (Å²) in [5, 5.41) is 9.70. The number of aromatic nitrogens is 2. The minimum atomic E-state index is -0.0270. The van der Waals surface area contributed by atoms with E-state index >= 15 is 0 Å². The van der Waals surface area contributed by atoms with Crippen molar-refractivity contribution in [2.45, 2.75) is 26.3 Å². The normalized spacial score (nSPS) is 10.5. The maximum atomic E-state index is 11.4. The van der Waals surface area contributed by atoms with E-state index in [0.717, 1.165) is 12.0 Å². The van der Waals surface area contributed by atoms with Crippen molar-refractivity contribution in [3.63, 3.8) is 0 Å². The molecule has 0 atom stereocenters. The lowest BCUT2D eigenvalue weighted by atomic mass is 10.1. The zero-order valence-electron chi connectivity index (χ0n) is 12.1. The molecule has 0 radical (unpaired) electrons. The summed E-state index contributed by atoms with van der Waals surface area (Å²) in [6, 6.07) is 9.97. The summed E-state index contributed by atoms with van der Waals surface area (Å²) in [4.78, 5) is 15.7. The number of benzene rings is 1. The van der Waals surface area contributed by atoms with E-state index in [2.05, 4.69) is 20.8 Å². The maximum absolute atomic E-state index is 11.4. The Morgan fingerprint density at radius 3 is 2.86 bits per heavy atom. The van der Waals surface area contributed by atoms with Gasteiger partial charge in [0.05, 0.1) is 13.1 Å². The van der Waals surface area contributed by atoms with E-state index < -0.39 is 0 Å². The third-order valence-electron chi connectivity index (χ3n) is 2.85. The highest BCUT2D eigenvalue weighted by atomic mass is 16.5. The second kappa shape index (κ2) is 8.16. The number of amides is 1. The SMILES string of the molecule is CCCNC(=O)CNCc1nc(Cc2ccccc2)no1. The van der Waals surface area contributed by atoms with Gasteiger partial charge in [-0.25, -0.2) is 0 Å². The summed E-state index contributed by atoms with van der Waals surface area (Å²) >= 11 is 0. The number of rotatable bonds is 8. The average molecular weight is 288 g/mol. The van der Waals surface area contributed by atoms with Crippen molar-refractivity contribution in [2.75, 3.05) is 13.1 Å². The van der Waals surface area contributed by atoms with Crippen molar-refractivity contribution in [1.29, 1.82) is 0 Å². The molecule has 0 spiro atoms. The van der Waals surface area contributed by atoms with Gasteiger partial charge in [-0.05, 0) is 12.0 Å². The Morgan fingerprint density at radius 1 is 1.29 bits per heavy atom. The van der Waals surface area contributed by atoms with Crippen LogP contribution in [0.25, 0.3) is 0 Å². The highest BCUT2D eigenvalue weighted by Gasteiger charge is 2.07. The Labute approximate surface area is 123 Å². The zero-order valence-corrected chi connectivity index (χ0v) is 12.1. The van der Waals surface area contributed by atoms with Crippen LogP contribution in [0.2, 0.25) is 0 Å². The van der Waals surface area contributed by atoms with Crippen molar-refractivity contribution in [3.05, 3.63) is 47.6 Å². The monoisotopic (exact) mass is 288 g/mol. The largest absolute Gasteiger partial charge is 0.355 e. The molecule has 2 aromatic rings. The van der Waals surface area contributed by atoms with Crippen molar-refractivity contribution >= 4 is 5.91 Å². The Hall–Kier alpha value is -2.21. The second-order valence-electron chi connectivity index (χ2n) is 4.72. The molecule has 0 bridgehead atoms. The fourth-order valence-corrected chi connectivity index (χ4v) is 1.82. The van der Waals surface area contributed by atoms with Crippen LogP contribution in [0, 0.1) is 0 Å². The molecule has 0 aliphatic heterocycles. The van der Waals surface area contributed by atoms with Crippen LogP contribution < -0.4 is 10.6 Å². The molecule has 1 amide bonds. The van der Waals surface area contributed by atoms with E-state index in [-0.39, 0.29) is 12.5 Å². The Balaban J connectivity index is 1.74. The van der Waals surface area contributed by atoms with Crippen LogP contribution in [0.15, 0.2) is 34.9 Å². The number of hydrogen-bond acceptors (Lipinski definition) is 5. The van der Waals surface area contributed by atoms with Gasteiger partial charge in [0.1, 0.15) is 0 Å². The first-order valence-corrected chi connectivity index (χ1v) is 7.10. The molecule has 0 saturated carbocycles. The van der Waals surface area contributed by atoms with Gasteiger partial charge in [0, 0.05) is 13.0 Å². The third kappa shape index (κ3) is 5.35. The quantitative estimate of drug-likeness (QED) is 0.765. The van der Waals surface area contributed by atoms with Gasteiger partial charge >= 0.3 is 0 Å². The third-order valence-corrected chi connectivity index (χ3v) is 2.85. The zero-order chi connectivity index (χ0) is 14.9. The molecule has 1 aromatic carbocycles. The highest BCUT2D eigenvalue weighted by molar-refractivity contribution is 5.77. The summed E-state index contributed by atoms with van der Waals surface area (Å²) in [5.41, 5.74) is 1.14. The van der Waals surface area contributed by atoms with Gasteiger partial charge in [0.15, 0.2) is 5.82 Å². The summed E-state index contributed by atoms with van der Waals surface area (Å²) in [6.45, 7) is 3.35. The molecule has 0 aliphatic carbocycles. The van der Waals surface area contributed by atoms with Gasteiger partial charge in [0.2, 0.25) is 11.8 Å². The molecule has 112 valence electrons.